The molecular formula is C13H22N4O3. The third kappa shape index (κ3) is 2.71. The molecule has 7 heteroatoms. The SMILES string of the molecule is CCN1CCOC(c2noc(C3(O)CCNCC3)n2)C1. The molecule has 3 rings (SSSR count). The van der Waals surface area contributed by atoms with Crippen molar-refractivity contribution in [1.29, 1.82) is 0 Å². The molecular weight excluding hydrogens is 260 g/mol. The Hall–Kier alpha value is -1.02. The summed E-state index contributed by atoms with van der Waals surface area (Å²) in [5, 5.41) is 17.8. The fourth-order valence-corrected chi connectivity index (χ4v) is 2.75. The number of ether oxygens (including phenoxy) is 1. The molecule has 112 valence electrons. The highest BCUT2D eigenvalue weighted by Crippen LogP contribution is 2.30. The average molecular weight is 282 g/mol. The number of aromatic nitrogens is 2. The third-order valence-corrected chi connectivity index (χ3v) is 4.16. The highest BCUT2D eigenvalue weighted by molar-refractivity contribution is 5.03. The van der Waals surface area contributed by atoms with Crippen molar-refractivity contribution in [1.82, 2.24) is 20.4 Å². The van der Waals surface area contributed by atoms with Crippen LogP contribution in [0, 0.1) is 0 Å². The summed E-state index contributed by atoms with van der Waals surface area (Å²) in [5.41, 5.74) is -0.990. The zero-order valence-electron chi connectivity index (χ0n) is 11.8. The molecule has 0 aliphatic carbocycles. The zero-order valence-corrected chi connectivity index (χ0v) is 11.8. The number of likely N-dealkylation sites (N-methyl/N-ethyl adjacent to an activating group) is 1. The van der Waals surface area contributed by atoms with E-state index in [2.05, 4.69) is 27.3 Å². The standard InChI is InChI=1S/C13H22N4O3/c1-2-17-7-8-19-10(9-17)11-15-12(20-16-11)13(18)3-5-14-6-4-13/h10,14,18H,2-9H2,1H3. The molecule has 2 N–H and O–H groups in total. The fourth-order valence-electron chi connectivity index (χ4n) is 2.75. The number of piperidine rings is 1. The smallest absolute Gasteiger partial charge is 0.258 e. The van der Waals surface area contributed by atoms with Crippen LogP contribution in [0.5, 0.6) is 0 Å². The molecule has 1 unspecified atom stereocenters. The Morgan fingerprint density at radius 3 is 3.00 bits per heavy atom. The second-order valence-electron chi connectivity index (χ2n) is 5.49. The quantitative estimate of drug-likeness (QED) is 0.809. The lowest BCUT2D eigenvalue weighted by Gasteiger charge is -2.30. The van der Waals surface area contributed by atoms with Crippen LogP contribution in [-0.2, 0) is 10.3 Å². The number of hydrogen-bond acceptors (Lipinski definition) is 7. The van der Waals surface area contributed by atoms with Crippen molar-refractivity contribution in [3.05, 3.63) is 11.7 Å². The van der Waals surface area contributed by atoms with Crippen LogP contribution in [0.3, 0.4) is 0 Å². The van der Waals surface area contributed by atoms with Crippen molar-refractivity contribution in [2.45, 2.75) is 31.5 Å². The van der Waals surface area contributed by atoms with Crippen molar-refractivity contribution in [3.8, 4) is 0 Å². The van der Waals surface area contributed by atoms with Gasteiger partial charge in [-0.25, -0.2) is 0 Å². The van der Waals surface area contributed by atoms with Crippen LogP contribution in [0.4, 0.5) is 0 Å². The summed E-state index contributed by atoms with van der Waals surface area (Å²) in [7, 11) is 0. The lowest BCUT2D eigenvalue weighted by molar-refractivity contribution is -0.0334. The van der Waals surface area contributed by atoms with Gasteiger partial charge >= 0.3 is 0 Å². The minimum atomic E-state index is -0.990. The van der Waals surface area contributed by atoms with E-state index in [4.69, 9.17) is 9.26 Å². The molecule has 1 aromatic rings. The molecule has 2 saturated heterocycles. The van der Waals surface area contributed by atoms with E-state index in [0.29, 0.717) is 31.2 Å². The summed E-state index contributed by atoms with van der Waals surface area (Å²) in [6, 6.07) is 0. The Morgan fingerprint density at radius 2 is 2.25 bits per heavy atom. The number of nitrogens with one attached hydrogen (secondary N) is 1. The predicted octanol–water partition coefficient (Wildman–Crippen LogP) is 0.0338. The number of nitrogens with zero attached hydrogens (tertiary/aromatic N) is 3. The van der Waals surface area contributed by atoms with Gasteiger partial charge in [-0.1, -0.05) is 12.1 Å². The molecule has 2 aliphatic heterocycles. The normalized spacial score (nSPS) is 27.6. The Balaban J connectivity index is 1.73. The average Bonchev–Trinajstić information content (AvgIpc) is 2.99. The molecule has 0 bridgehead atoms. The van der Waals surface area contributed by atoms with Gasteiger partial charge in [0.25, 0.3) is 5.89 Å². The van der Waals surface area contributed by atoms with Crippen molar-refractivity contribution >= 4 is 0 Å². The van der Waals surface area contributed by atoms with E-state index in [9.17, 15) is 5.11 Å². The Labute approximate surface area is 118 Å². The van der Waals surface area contributed by atoms with Crippen molar-refractivity contribution in [2.75, 3.05) is 39.3 Å². The minimum Gasteiger partial charge on any atom is -0.380 e. The first kappa shape index (κ1) is 13.9. The zero-order chi connectivity index (χ0) is 14.0. The maximum absolute atomic E-state index is 10.6. The van der Waals surface area contributed by atoms with Crippen molar-refractivity contribution in [2.24, 2.45) is 0 Å². The van der Waals surface area contributed by atoms with E-state index >= 15 is 0 Å². The number of hydrogen-bond donors (Lipinski definition) is 2. The molecule has 1 aromatic heterocycles. The van der Waals surface area contributed by atoms with E-state index in [0.717, 1.165) is 32.7 Å². The molecule has 1 atom stereocenters. The van der Waals surface area contributed by atoms with Gasteiger partial charge in [-0.05, 0) is 32.5 Å². The largest absolute Gasteiger partial charge is 0.380 e. The van der Waals surface area contributed by atoms with Crippen LogP contribution in [0.15, 0.2) is 4.52 Å². The van der Waals surface area contributed by atoms with Crippen LogP contribution in [0.25, 0.3) is 0 Å². The summed E-state index contributed by atoms with van der Waals surface area (Å²) in [4.78, 5) is 6.69. The first-order valence-corrected chi connectivity index (χ1v) is 7.32. The van der Waals surface area contributed by atoms with Crippen LogP contribution in [0.1, 0.15) is 37.6 Å². The highest BCUT2D eigenvalue weighted by Gasteiger charge is 2.38. The maximum atomic E-state index is 10.6. The minimum absolute atomic E-state index is 0.161. The van der Waals surface area contributed by atoms with Crippen LogP contribution >= 0.6 is 0 Å². The van der Waals surface area contributed by atoms with Crippen LogP contribution < -0.4 is 5.32 Å². The molecule has 2 aliphatic rings. The van der Waals surface area contributed by atoms with Gasteiger partial charge in [0.05, 0.1) is 6.61 Å². The van der Waals surface area contributed by atoms with E-state index in [-0.39, 0.29) is 6.10 Å². The Bertz CT molecular complexity index is 445. The molecule has 2 fully saturated rings. The molecule has 0 aromatic carbocycles. The molecule has 3 heterocycles. The maximum Gasteiger partial charge on any atom is 0.258 e. The van der Waals surface area contributed by atoms with Gasteiger partial charge in [-0.2, -0.15) is 4.98 Å². The highest BCUT2D eigenvalue weighted by atomic mass is 16.5. The summed E-state index contributed by atoms with van der Waals surface area (Å²) in [5.74, 6) is 0.872. The number of rotatable bonds is 3. The van der Waals surface area contributed by atoms with Crippen molar-refractivity contribution in [3.63, 3.8) is 0 Å². The molecule has 20 heavy (non-hydrogen) atoms. The summed E-state index contributed by atoms with van der Waals surface area (Å²) < 4.78 is 11.0. The lowest BCUT2D eigenvalue weighted by Crippen LogP contribution is -2.40. The molecule has 0 radical (unpaired) electrons. The summed E-state index contributed by atoms with van der Waals surface area (Å²) in [6.45, 7) is 7.02. The first-order valence-electron chi connectivity index (χ1n) is 7.32. The monoisotopic (exact) mass is 282 g/mol. The van der Waals surface area contributed by atoms with E-state index in [1.807, 2.05) is 0 Å². The molecule has 0 spiro atoms. The van der Waals surface area contributed by atoms with Gasteiger partial charge in [0.1, 0.15) is 11.7 Å². The van der Waals surface area contributed by atoms with E-state index in [1.165, 1.54) is 0 Å². The topological polar surface area (TPSA) is 83.7 Å². The van der Waals surface area contributed by atoms with Gasteiger partial charge in [-0.3, -0.25) is 4.90 Å². The van der Waals surface area contributed by atoms with E-state index in [1.54, 1.807) is 0 Å². The Kier molecular flexibility index (Phi) is 4.02. The fraction of sp³-hybridized carbons (Fsp3) is 0.846. The molecule has 7 nitrogen and oxygen atoms in total. The first-order chi connectivity index (χ1) is 9.71. The third-order valence-electron chi connectivity index (χ3n) is 4.16. The van der Waals surface area contributed by atoms with Gasteiger partial charge in [0.2, 0.25) is 5.82 Å². The number of morpholine rings is 1. The second kappa shape index (κ2) is 5.77. The van der Waals surface area contributed by atoms with Gasteiger partial charge in [0.15, 0.2) is 0 Å². The molecule has 0 saturated carbocycles. The van der Waals surface area contributed by atoms with Crippen molar-refractivity contribution < 1.29 is 14.4 Å². The van der Waals surface area contributed by atoms with Gasteiger partial charge in [0, 0.05) is 13.1 Å². The van der Waals surface area contributed by atoms with Crippen LogP contribution in [-0.4, -0.2) is 59.5 Å². The van der Waals surface area contributed by atoms with Gasteiger partial charge in [-0.15, -0.1) is 0 Å². The van der Waals surface area contributed by atoms with Crippen LogP contribution in [0.2, 0.25) is 0 Å². The Morgan fingerprint density at radius 1 is 1.45 bits per heavy atom. The molecule has 0 amide bonds. The predicted molar refractivity (Wildman–Crippen MR) is 71.1 cm³/mol. The van der Waals surface area contributed by atoms with E-state index < -0.39 is 5.60 Å². The lowest BCUT2D eigenvalue weighted by atomic mass is 9.92. The number of aliphatic hydroxyl groups is 1. The summed E-state index contributed by atoms with van der Waals surface area (Å²) >= 11 is 0. The summed E-state index contributed by atoms with van der Waals surface area (Å²) in [6.07, 6.45) is 1.04. The van der Waals surface area contributed by atoms with Gasteiger partial charge < -0.3 is 19.7 Å². The second-order valence-corrected chi connectivity index (χ2v) is 5.49.